The second-order valence-corrected chi connectivity index (χ2v) is 5.65. The van der Waals surface area contributed by atoms with Crippen LogP contribution in [-0.2, 0) is 17.6 Å². The van der Waals surface area contributed by atoms with Crippen LogP contribution in [0.5, 0.6) is 5.75 Å². The molecular weight excluding hydrogens is 324 g/mol. The Morgan fingerprint density at radius 2 is 1.88 bits per heavy atom. The zero-order chi connectivity index (χ0) is 17.5. The van der Waals surface area contributed by atoms with Crippen LogP contribution in [-0.4, -0.2) is 12.5 Å². The van der Waals surface area contributed by atoms with E-state index in [1.54, 1.807) is 24.3 Å². The maximum Gasteiger partial charge on any atom is 0.262 e. The smallest absolute Gasteiger partial charge is 0.262 e. The van der Waals surface area contributed by atoms with E-state index in [4.69, 9.17) is 21.6 Å². The third-order valence-electron chi connectivity index (χ3n) is 3.69. The van der Waals surface area contributed by atoms with Gasteiger partial charge in [-0.05, 0) is 54.3 Å². The molecule has 0 saturated carbocycles. The van der Waals surface area contributed by atoms with Crippen LogP contribution in [0.3, 0.4) is 0 Å². The maximum atomic E-state index is 12.2. The molecule has 1 amide bonds. The molecule has 4 nitrogen and oxygen atoms in total. The predicted molar refractivity (Wildman–Crippen MR) is 95.5 cm³/mol. The molecule has 5 heteroatoms. The first kappa shape index (κ1) is 17.8. The van der Waals surface area contributed by atoms with Crippen molar-refractivity contribution in [2.24, 2.45) is 0 Å². The molecule has 2 aromatic rings. The van der Waals surface area contributed by atoms with Gasteiger partial charge in [0.2, 0.25) is 0 Å². The molecule has 2 aromatic carbocycles. The highest BCUT2D eigenvalue weighted by molar-refractivity contribution is 6.32. The number of benzene rings is 2. The number of anilines is 1. The highest BCUT2D eigenvalue weighted by atomic mass is 35.5. The first-order valence-corrected chi connectivity index (χ1v) is 8.19. The molecule has 0 bridgehead atoms. The largest absolute Gasteiger partial charge is 0.484 e. The summed E-state index contributed by atoms with van der Waals surface area (Å²) >= 11 is 6.23. The van der Waals surface area contributed by atoms with Gasteiger partial charge in [-0.3, -0.25) is 4.79 Å². The van der Waals surface area contributed by atoms with Crippen LogP contribution < -0.4 is 10.1 Å². The van der Waals surface area contributed by atoms with Crippen LogP contribution >= 0.6 is 11.6 Å². The van der Waals surface area contributed by atoms with E-state index < -0.39 is 0 Å². The maximum absolute atomic E-state index is 12.2. The van der Waals surface area contributed by atoms with Gasteiger partial charge in [-0.15, -0.1) is 0 Å². The fourth-order valence-electron chi connectivity index (χ4n) is 2.42. The summed E-state index contributed by atoms with van der Waals surface area (Å²) in [6, 6.07) is 12.5. The molecule has 0 radical (unpaired) electrons. The van der Waals surface area contributed by atoms with Gasteiger partial charge in [0.1, 0.15) is 5.75 Å². The average Bonchev–Trinajstić information content (AvgIpc) is 2.61. The molecular formula is C19H19ClN2O2. The Kier molecular flexibility index (Phi) is 6.22. The van der Waals surface area contributed by atoms with E-state index in [1.165, 1.54) is 0 Å². The van der Waals surface area contributed by atoms with Crippen LogP contribution in [0.2, 0.25) is 5.02 Å². The van der Waals surface area contributed by atoms with E-state index in [2.05, 4.69) is 5.32 Å². The van der Waals surface area contributed by atoms with Gasteiger partial charge >= 0.3 is 0 Å². The molecule has 2 rings (SSSR count). The van der Waals surface area contributed by atoms with Crippen LogP contribution in [0.25, 0.3) is 0 Å². The van der Waals surface area contributed by atoms with Crippen LogP contribution in [0.1, 0.15) is 30.5 Å². The van der Waals surface area contributed by atoms with E-state index in [0.717, 1.165) is 29.7 Å². The monoisotopic (exact) mass is 342 g/mol. The second kappa shape index (κ2) is 8.37. The van der Waals surface area contributed by atoms with E-state index in [0.29, 0.717) is 16.3 Å². The van der Waals surface area contributed by atoms with Gasteiger partial charge in [0.05, 0.1) is 11.6 Å². The van der Waals surface area contributed by atoms with Crippen molar-refractivity contribution >= 4 is 23.2 Å². The van der Waals surface area contributed by atoms with Gasteiger partial charge in [-0.1, -0.05) is 31.5 Å². The number of aryl methyl sites for hydroxylation is 1. The molecule has 0 aliphatic rings. The van der Waals surface area contributed by atoms with Crippen molar-refractivity contribution in [1.29, 1.82) is 5.26 Å². The quantitative estimate of drug-likeness (QED) is 0.848. The minimum absolute atomic E-state index is 0.106. The summed E-state index contributed by atoms with van der Waals surface area (Å²) in [5.41, 5.74) is 3.30. The lowest BCUT2D eigenvalue weighted by molar-refractivity contribution is -0.118. The number of hydrogen-bond donors (Lipinski definition) is 1. The highest BCUT2D eigenvalue weighted by Gasteiger charge is 2.13. The van der Waals surface area contributed by atoms with Crippen molar-refractivity contribution in [3.8, 4) is 11.8 Å². The Morgan fingerprint density at radius 1 is 1.17 bits per heavy atom. The molecule has 0 saturated heterocycles. The number of amides is 1. The summed E-state index contributed by atoms with van der Waals surface area (Å²) < 4.78 is 5.46. The lowest BCUT2D eigenvalue weighted by Crippen LogP contribution is -2.22. The number of carbonyl (C=O) groups is 1. The van der Waals surface area contributed by atoms with Crippen LogP contribution in [0.15, 0.2) is 36.4 Å². The third kappa shape index (κ3) is 4.27. The van der Waals surface area contributed by atoms with E-state index in [-0.39, 0.29) is 12.5 Å². The van der Waals surface area contributed by atoms with Crippen molar-refractivity contribution in [2.45, 2.75) is 26.7 Å². The topological polar surface area (TPSA) is 62.1 Å². The zero-order valence-corrected chi connectivity index (χ0v) is 14.5. The summed E-state index contributed by atoms with van der Waals surface area (Å²) in [6.07, 6.45) is 1.54. The molecule has 0 spiro atoms. The van der Waals surface area contributed by atoms with Gasteiger partial charge in [-0.2, -0.15) is 5.26 Å². The standard InChI is InChI=1S/C19H19ClN2O2/c1-3-14-7-10-17(20)16(4-2)19(14)22-18(23)12-24-15-8-5-13(11-21)6-9-15/h5-10H,3-4,12H2,1-2H3,(H,22,23). The number of halogens is 1. The first-order valence-electron chi connectivity index (χ1n) is 7.82. The number of ether oxygens (including phenoxy) is 1. The molecule has 0 aliphatic heterocycles. The molecule has 24 heavy (non-hydrogen) atoms. The molecule has 0 heterocycles. The van der Waals surface area contributed by atoms with E-state index >= 15 is 0 Å². The number of nitrogens with one attached hydrogen (secondary N) is 1. The van der Waals surface area contributed by atoms with Gasteiger partial charge < -0.3 is 10.1 Å². The number of rotatable bonds is 6. The first-order chi connectivity index (χ1) is 11.6. The summed E-state index contributed by atoms with van der Waals surface area (Å²) in [6.45, 7) is 3.93. The predicted octanol–water partition coefficient (Wildman–Crippen LogP) is 4.35. The van der Waals surface area contributed by atoms with Crippen molar-refractivity contribution in [3.63, 3.8) is 0 Å². The van der Waals surface area contributed by atoms with Crippen molar-refractivity contribution in [3.05, 3.63) is 58.1 Å². The average molecular weight is 343 g/mol. The Labute approximate surface area is 147 Å². The minimum atomic E-state index is -0.244. The normalized spacial score (nSPS) is 10.1. The third-order valence-corrected chi connectivity index (χ3v) is 4.05. The summed E-state index contributed by atoms with van der Waals surface area (Å²) in [4.78, 5) is 12.2. The number of hydrogen-bond acceptors (Lipinski definition) is 3. The molecule has 0 unspecified atom stereocenters. The summed E-state index contributed by atoms with van der Waals surface area (Å²) in [5, 5.41) is 12.3. The van der Waals surface area contributed by atoms with Gasteiger partial charge in [0.15, 0.2) is 6.61 Å². The lowest BCUT2D eigenvalue weighted by Gasteiger charge is -2.16. The molecule has 0 atom stereocenters. The highest BCUT2D eigenvalue weighted by Crippen LogP contribution is 2.29. The van der Waals surface area contributed by atoms with E-state index in [1.807, 2.05) is 32.0 Å². The Hall–Kier alpha value is -2.51. The van der Waals surface area contributed by atoms with Crippen molar-refractivity contribution in [1.82, 2.24) is 0 Å². The van der Waals surface area contributed by atoms with Crippen molar-refractivity contribution < 1.29 is 9.53 Å². The summed E-state index contributed by atoms with van der Waals surface area (Å²) in [5.74, 6) is 0.299. The van der Waals surface area contributed by atoms with Gasteiger partial charge in [0.25, 0.3) is 5.91 Å². The van der Waals surface area contributed by atoms with Crippen LogP contribution in [0, 0.1) is 11.3 Å². The fraction of sp³-hybridized carbons (Fsp3) is 0.263. The number of nitrogens with zero attached hydrogens (tertiary/aromatic N) is 1. The minimum Gasteiger partial charge on any atom is -0.484 e. The molecule has 1 N–H and O–H groups in total. The second-order valence-electron chi connectivity index (χ2n) is 5.24. The van der Waals surface area contributed by atoms with Crippen molar-refractivity contribution in [2.75, 3.05) is 11.9 Å². The zero-order valence-electron chi connectivity index (χ0n) is 13.7. The lowest BCUT2D eigenvalue weighted by atomic mass is 10.0. The van der Waals surface area contributed by atoms with E-state index in [9.17, 15) is 4.79 Å². The van der Waals surface area contributed by atoms with Gasteiger partial charge in [-0.25, -0.2) is 0 Å². The Morgan fingerprint density at radius 3 is 2.46 bits per heavy atom. The Balaban J connectivity index is 2.06. The molecule has 124 valence electrons. The SMILES string of the molecule is CCc1ccc(Cl)c(CC)c1NC(=O)COc1ccc(C#N)cc1. The number of nitriles is 1. The number of carbonyl (C=O) groups excluding carboxylic acids is 1. The molecule has 0 aliphatic carbocycles. The fourth-order valence-corrected chi connectivity index (χ4v) is 2.71. The molecule has 0 aromatic heterocycles. The molecule has 0 fully saturated rings. The summed E-state index contributed by atoms with van der Waals surface area (Å²) in [7, 11) is 0. The van der Waals surface area contributed by atoms with Gasteiger partial charge in [0, 0.05) is 10.7 Å². The Bertz CT molecular complexity index is 764. The van der Waals surface area contributed by atoms with Crippen LogP contribution in [0.4, 0.5) is 5.69 Å².